The highest BCUT2D eigenvalue weighted by molar-refractivity contribution is 8.01. The largest absolute Gasteiger partial charge is 0.329 e. The number of quaternary nitrogens is 1. The van der Waals surface area contributed by atoms with Crippen LogP contribution in [0.4, 0.5) is 0 Å². The Kier molecular flexibility index (Phi) is 4.68. The van der Waals surface area contributed by atoms with Gasteiger partial charge in [0.2, 0.25) is 0 Å². The van der Waals surface area contributed by atoms with Gasteiger partial charge in [0.25, 0.3) is 0 Å². The van der Waals surface area contributed by atoms with E-state index < -0.39 is 0 Å². The summed E-state index contributed by atoms with van der Waals surface area (Å²) in [6, 6.07) is 0. The number of piperidine rings is 1. The van der Waals surface area contributed by atoms with E-state index in [0.29, 0.717) is 0 Å². The van der Waals surface area contributed by atoms with Gasteiger partial charge in [-0.3, -0.25) is 0 Å². The summed E-state index contributed by atoms with van der Waals surface area (Å²) in [6.07, 6.45) is 7.66. The van der Waals surface area contributed by atoms with Crippen molar-refractivity contribution < 1.29 is 4.90 Å². The van der Waals surface area contributed by atoms with Crippen molar-refractivity contribution in [3.05, 3.63) is 21.3 Å². The molecule has 1 aliphatic carbocycles. The Morgan fingerprint density at radius 3 is 2.69 bits per heavy atom. The average molecular weight is 405 g/mol. The third-order valence-electron chi connectivity index (χ3n) is 5.24. The van der Waals surface area contributed by atoms with E-state index in [1.54, 1.807) is 28.0 Å². The van der Waals surface area contributed by atoms with Gasteiger partial charge in [-0.2, -0.15) is 0 Å². The van der Waals surface area contributed by atoms with E-state index in [-0.39, 0.29) is 0 Å². The Morgan fingerprint density at radius 2 is 1.88 bits per heavy atom. The molecular formula is C18H22N5S3+. The maximum absolute atomic E-state index is 5.03. The number of nitrogens with one attached hydrogen (secondary N) is 1. The topological polar surface area (TPSA) is 56.0 Å². The number of fused-ring (bicyclic) bond motifs is 3. The fourth-order valence-electron chi connectivity index (χ4n) is 4.01. The van der Waals surface area contributed by atoms with Crippen LogP contribution in [0.1, 0.15) is 47.0 Å². The summed E-state index contributed by atoms with van der Waals surface area (Å²) in [5.41, 5.74) is 1.49. The van der Waals surface area contributed by atoms with Gasteiger partial charge in [-0.05, 0) is 62.8 Å². The van der Waals surface area contributed by atoms with Gasteiger partial charge in [0.1, 0.15) is 21.4 Å². The molecule has 0 unspecified atom stereocenters. The van der Waals surface area contributed by atoms with E-state index >= 15 is 0 Å². The maximum Gasteiger partial charge on any atom is 0.186 e. The fraction of sp³-hybridized carbons (Fsp3) is 0.556. The van der Waals surface area contributed by atoms with Crippen LogP contribution in [-0.2, 0) is 19.4 Å². The van der Waals surface area contributed by atoms with Crippen molar-refractivity contribution in [2.45, 2.75) is 61.4 Å². The van der Waals surface area contributed by atoms with Crippen LogP contribution in [0.15, 0.2) is 9.37 Å². The van der Waals surface area contributed by atoms with Crippen molar-refractivity contribution in [1.82, 2.24) is 20.2 Å². The van der Waals surface area contributed by atoms with E-state index in [1.807, 2.05) is 18.3 Å². The Labute approximate surface area is 165 Å². The first-order valence-electron chi connectivity index (χ1n) is 9.39. The van der Waals surface area contributed by atoms with Crippen molar-refractivity contribution in [3.63, 3.8) is 0 Å². The van der Waals surface area contributed by atoms with Crippen LogP contribution >= 0.6 is 34.4 Å². The second-order valence-corrected chi connectivity index (χ2v) is 10.7. The Morgan fingerprint density at radius 1 is 1.00 bits per heavy atom. The van der Waals surface area contributed by atoms with Crippen LogP contribution < -0.4 is 4.90 Å². The van der Waals surface area contributed by atoms with Crippen LogP contribution in [0, 0.1) is 6.92 Å². The van der Waals surface area contributed by atoms with Crippen molar-refractivity contribution >= 4 is 44.7 Å². The number of hydrogen-bond acceptors (Lipinski definition) is 7. The zero-order valence-corrected chi connectivity index (χ0v) is 17.3. The monoisotopic (exact) mass is 404 g/mol. The summed E-state index contributed by atoms with van der Waals surface area (Å²) in [6.45, 7) is 5.45. The van der Waals surface area contributed by atoms with Crippen LogP contribution in [0.3, 0.4) is 0 Å². The number of thiophene rings is 1. The molecule has 0 amide bonds. The van der Waals surface area contributed by atoms with Gasteiger partial charge in [-0.1, -0.05) is 11.3 Å². The molecule has 5 nitrogen and oxygen atoms in total. The molecule has 5 rings (SSSR count). The Bertz CT molecular complexity index is 942. The van der Waals surface area contributed by atoms with Gasteiger partial charge in [0.05, 0.1) is 13.1 Å². The SMILES string of the molecule is Cc1nnc(Sc2nc(C[NH+]3CCCCC3)nc3sc4c(c23)CCC4)s1. The zero-order valence-electron chi connectivity index (χ0n) is 14.9. The summed E-state index contributed by atoms with van der Waals surface area (Å²) in [7, 11) is 0. The van der Waals surface area contributed by atoms with Crippen LogP contribution in [0.2, 0.25) is 0 Å². The molecule has 0 atom stereocenters. The lowest BCUT2D eigenvalue weighted by Crippen LogP contribution is -3.11. The van der Waals surface area contributed by atoms with Gasteiger partial charge in [-0.15, -0.1) is 21.5 Å². The molecule has 136 valence electrons. The molecule has 4 heterocycles. The predicted octanol–water partition coefficient (Wildman–Crippen LogP) is 3.06. The van der Waals surface area contributed by atoms with Crippen molar-refractivity contribution in [2.75, 3.05) is 13.1 Å². The van der Waals surface area contributed by atoms with E-state index in [1.165, 1.54) is 65.9 Å². The van der Waals surface area contributed by atoms with Crippen LogP contribution in [0.25, 0.3) is 10.2 Å². The maximum atomic E-state index is 5.03. The number of hydrogen-bond donors (Lipinski definition) is 1. The van der Waals surface area contributed by atoms with E-state index in [4.69, 9.17) is 9.97 Å². The highest BCUT2D eigenvalue weighted by Gasteiger charge is 2.25. The highest BCUT2D eigenvalue weighted by Crippen LogP contribution is 2.42. The zero-order chi connectivity index (χ0) is 17.5. The smallest absolute Gasteiger partial charge is 0.186 e. The quantitative estimate of drug-likeness (QED) is 0.678. The molecule has 0 aromatic carbocycles. The molecule has 2 aliphatic rings. The van der Waals surface area contributed by atoms with Crippen LogP contribution in [0.5, 0.6) is 0 Å². The number of aromatic nitrogens is 4. The molecule has 0 saturated carbocycles. The first-order chi connectivity index (χ1) is 12.8. The molecule has 0 bridgehead atoms. The standard InChI is InChI=1S/C18H21N5S3/c1-11-21-22-18(24-11)26-17-15-12-6-5-7-13(12)25-16(15)19-14(20-17)10-23-8-3-2-4-9-23/h2-10H2,1H3/p+1. The molecule has 3 aromatic heterocycles. The third kappa shape index (κ3) is 3.28. The molecular weight excluding hydrogens is 382 g/mol. The number of likely N-dealkylation sites (tertiary alicyclic amines) is 1. The summed E-state index contributed by atoms with van der Waals surface area (Å²) in [4.78, 5) is 14.3. The molecule has 1 N–H and O–H groups in total. The fourth-order valence-corrected chi connectivity index (χ4v) is 7.26. The summed E-state index contributed by atoms with van der Waals surface area (Å²) < 4.78 is 0.983. The van der Waals surface area contributed by atoms with Gasteiger partial charge >= 0.3 is 0 Å². The minimum Gasteiger partial charge on any atom is -0.329 e. The molecule has 0 spiro atoms. The van der Waals surface area contributed by atoms with E-state index in [0.717, 1.165) is 33.2 Å². The predicted molar refractivity (Wildman–Crippen MR) is 106 cm³/mol. The molecule has 0 radical (unpaired) electrons. The van der Waals surface area contributed by atoms with Gasteiger partial charge in [-0.25, -0.2) is 9.97 Å². The Hall–Kier alpha value is -1.09. The third-order valence-corrected chi connectivity index (χ3v) is 8.30. The van der Waals surface area contributed by atoms with E-state index in [2.05, 4.69) is 10.2 Å². The van der Waals surface area contributed by atoms with Crippen molar-refractivity contribution in [2.24, 2.45) is 0 Å². The minimum absolute atomic E-state index is 0.946. The highest BCUT2D eigenvalue weighted by atomic mass is 32.2. The summed E-state index contributed by atoms with van der Waals surface area (Å²) in [5, 5.41) is 11.9. The van der Waals surface area contributed by atoms with E-state index in [9.17, 15) is 0 Å². The second-order valence-electron chi connectivity index (χ2n) is 7.16. The first kappa shape index (κ1) is 17.0. The lowest BCUT2D eigenvalue weighted by atomic mass is 10.1. The molecule has 8 heteroatoms. The first-order valence-corrected chi connectivity index (χ1v) is 11.8. The van der Waals surface area contributed by atoms with Crippen LogP contribution in [-0.4, -0.2) is 33.3 Å². The lowest BCUT2D eigenvalue weighted by Gasteiger charge is -2.22. The molecule has 26 heavy (non-hydrogen) atoms. The molecule has 1 fully saturated rings. The number of rotatable bonds is 4. The minimum atomic E-state index is 0.946. The van der Waals surface area contributed by atoms with Crippen molar-refractivity contribution in [1.29, 1.82) is 0 Å². The average Bonchev–Trinajstić information content (AvgIpc) is 3.32. The molecule has 3 aromatic rings. The van der Waals surface area contributed by atoms with Gasteiger partial charge in [0, 0.05) is 10.3 Å². The number of nitrogens with zero attached hydrogens (tertiary/aromatic N) is 4. The summed E-state index contributed by atoms with van der Waals surface area (Å²) in [5.74, 6) is 0.998. The second kappa shape index (κ2) is 7.14. The summed E-state index contributed by atoms with van der Waals surface area (Å²) >= 11 is 5.21. The number of aryl methyl sites for hydroxylation is 3. The van der Waals surface area contributed by atoms with Gasteiger partial charge in [0.15, 0.2) is 10.2 Å². The van der Waals surface area contributed by atoms with Crippen molar-refractivity contribution in [3.8, 4) is 0 Å². The normalized spacial score (nSPS) is 17.9. The van der Waals surface area contributed by atoms with Gasteiger partial charge < -0.3 is 4.90 Å². The Balaban J connectivity index is 1.54. The lowest BCUT2D eigenvalue weighted by molar-refractivity contribution is -0.919. The molecule has 1 aliphatic heterocycles. The molecule has 1 saturated heterocycles.